The molecule has 0 saturated carbocycles. The van der Waals surface area contributed by atoms with Crippen LogP contribution in [0.4, 0.5) is 0 Å². The van der Waals surface area contributed by atoms with Gasteiger partial charge in [0.05, 0.1) is 18.8 Å². The molecule has 1 aliphatic rings. The lowest BCUT2D eigenvalue weighted by Gasteiger charge is -2.17. The van der Waals surface area contributed by atoms with Gasteiger partial charge in [-0.1, -0.05) is 58.3 Å². The molecule has 0 amide bonds. The van der Waals surface area contributed by atoms with Gasteiger partial charge in [0.1, 0.15) is 5.76 Å². The average Bonchev–Trinajstić information content (AvgIpc) is 2.73. The summed E-state index contributed by atoms with van der Waals surface area (Å²) >= 11 is 0. The van der Waals surface area contributed by atoms with E-state index in [4.69, 9.17) is 13.8 Å². The Balaban J connectivity index is 2.56. The number of carbonyl (C=O) groups is 1. The maximum atomic E-state index is 12.5. The molecule has 1 aliphatic heterocycles. The zero-order valence-corrected chi connectivity index (χ0v) is 17.2. The summed E-state index contributed by atoms with van der Waals surface area (Å²) in [5.74, 6) is 0.0317. The largest absolute Gasteiger partial charge is 0.466 e. The van der Waals surface area contributed by atoms with Crippen molar-refractivity contribution in [1.29, 1.82) is 0 Å². The lowest BCUT2D eigenvalue weighted by Crippen LogP contribution is -2.16. The third-order valence-electron chi connectivity index (χ3n) is 4.90. The van der Waals surface area contributed by atoms with Crippen molar-refractivity contribution < 1.29 is 23.1 Å². The van der Waals surface area contributed by atoms with Crippen molar-refractivity contribution in [3.05, 3.63) is 11.3 Å². The second kappa shape index (κ2) is 11.7. The number of ether oxygens (including phenoxy) is 1. The summed E-state index contributed by atoms with van der Waals surface area (Å²) in [6, 6.07) is 0. The van der Waals surface area contributed by atoms with Gasteiger partial charge >= 0.3 is 13.6 Å². The molecular formula is C19H35O5P. The maximum Gasteiger partial charge on any atom is 0.378 e. The fourth-order valence-corrected chi connectivity index (χ4v) is 4.90. The number of methoxy groups -OCH3 is 1. The Morgan fingerprint density at radius 1 is 1.12 bits per heavy atom. The van der Waals surface area contributed by atoms with E-state index in [-0.39, 0.29) is 11.9 Å². The highest BCUT2D eigenvalue weighted by Gasteiger charge is 2.35. The molecule has 1 rings (SSSR count). The predicted octanol–water partition coefficient (Wildman–Crippen LogP) is 5.84. The van der Waals surface area contributed by atoms with Crippen molar-refractivity contribution in [2.24, 2.45) is 5.92 Å². The van der Waals surface area contributed by atoms with Crippen LogP contribution in [0.3, 0.4) is 0 Å². The van der Waals surface area contributed by atoms with E-state index < -0.39 is 7.60 Å². The van der Waals surface area contributed by atoms with Crippen LogP contribution in [0.5, 0.6) is 0 Å². The summed E-state index contributed by atoms with van der Waals surface area (Å²) in [4.78, 5) is 12.2. The molecule has 0 bridgehead atoms. The van der Waals surface area contributed by atoms with Gasteiger partial charge in [0, 0.05) is 7.11 Å². The second-order valence-corrected chi connectivity index (χ2v) is 9.04. The van der Waals surface area contributed by atoms with Crippen molar-refractivity contribution in [3.8, 4) is 0 Å². The molecular weight excluding hydrogens is 339 g/mol. The fourth-order valence-electron chi connectivity index (χ4n) is 3.41. The number of hydrogen-bond acceptors (Lipinski definition) is 5. The molecule has 0 aromatic heterocycles. The van der Waals surface area contributed by atoms with Gasteiger partial charge in [0.25, 0.3) is 0 Å². The van der Waals surface area contributed by atoms with Gasteiger partial charge in [-0.3, -0.25) is 0 Å². The van der Waals surface area contributed by atoms with E-state index in [1.807, 2.05) is 0 Å². The molecule has 6 heteroatoms. The number of allylic oxidation sites excluding steroid dienone is 1. The summed E-state index contributed by atoms with van der Waals surface area (Å²) in [7, 11) is -0.380. The second-order valence-electron chi connectivity index (χ2n) is 6.82. The Morgan fingerprint density at radius 2 is 1.72 bits per heavy atom. The van der Waals surface area contributed by atoms with Crippen LogP contribution in [-0.4, -0.2) is 26.4 Å². The Morgan fingerprint density at radius 3 is 2.28 bits per heavy atom. The standard InChI is InChI=1S/C19H35O5P/c1-5-6-7-8-9-10-11-12-13-17-14-15-25(21,23-4)24-16(2)18(17)19(20)22-3/h17H,5-15H2,1-4H3/t17-,25-/m1/s1. The van der Waals surface area contributed by atoms with Crippen LogP contribution >= 0.6 is 7.60 Å². The van der Waals surface area contributed by atoms with Gasteiger partial charge < -0.3 is 13.8 Å². The summed E-state index contributed by atoms with van der Waals surface area (Å²) in [5, 5.41) is 0. The minimum Gasteiger partial charge on any atom is -0.466 e. The summed E-state index contributed by atoms with van der Waals surface area (Å²) in [5.41, 5.74) is 0.528. The normalized spacial score (nSPS) is 23.9. The number of esters is 1. The topological polar surface area (TPSA) is 61.8 Å². The Labute approximate surface area is 153 Å². The van der Waals surface area contributed by atoms with Gasteiger partial charge in [0.15, 0.2) is 0 Å². The molecule has 0 spiro atoms. The third kappa shape index (κ3) is 7.53. The first-order valence-corrected chi connectivity index (χ1v) is 11.3. The fraction of sp³-hybridized carbons (Fsp3) is 0.842. The molecule has 0 fully saturated rings. The van der Waals surface area contributed by atoms with E-state index in [1.165, 1.54) is 59.2 Å². The molecule has 0 aliphatic carbocycles. The first-order chi connectivity index (χ1) is 12.0. The van der Waals surface area contributed by atoms with E-state index in [1.54, 1.807) is 6.92 Å². The highest BCUT2D eigenvalue weighted by Crippen LogP contribution is 2.54. The van der Waals surface area contributed by atoms with Crippen molar-refractivity contribution in [1.82, 2.24) is 0 Å². The highest BCUT2D eigenvalue weighted by molar-refractivity contribution is 7.53. The lowest BCUT2D eigenvalue weighted by atomic mass is 9.89. The smallest absolute Gasteiger partial charge is 0.378 e. The van der Waals surface area contributed by atoms with Gasteiger partial charge in [-0.25, -0.2) is 9.36 Å². The number of carbonyl (C=O) groups excluding carboxylic acids is 1. The van der Waals surface area contributed by atoms with Crippen molar-refractivity contribution in [2.75, 3.05) is 20.4 Å². The molecule has 0 radical (unpaired) electrons. The molecule has 1 heterocycles. The Hall–Kier alpha value is -0.800. The zero-order valence-electron chi connectivity index (χ0n) is 16.3. The highest BCUT2D eigenvalue weighted by atomic mass is 31.2. The summed E-state index contributed by atoms with van der Waals surface area (Å²) < 4.78 is 28.0. The Bertz CT molecular complexity index is 486. The van der Waals surface area contributed by atoms with Crippen LogP contribution in [0.25, 0.3) is 0 Å². The Kier molecular flexibility index (Phi) is 10.4. The van der Waals surface area contributed by atoms with E-state index >= 15 is 0 Å². The van der Waals surface area contributed by atoms with Crippen molar-refractivity contribution in [3.63, 3.8) is 0 Å². The molecule has 0 unspecified atom stereocenters. The van der Waals surface area contributed by atoms with Crippen LogP contribution in [0.15, 0.2) is 11.3 Å². The molecule has 146 valence electrons. The molecule has 0 N–H and O–H groups in total. The van der Waals surface area contributed by atoms with Crippen LogP contribution in [0.1, 0.15) is 78.1 Å². The van der Waals surface area contributed by atoms with Crippen LogP contribution in [0.2, 0.25) is 0 Å². The van der Waals surface area contributed by atoms with Crippen LogP contribution < -0.4 is 0 Å². The SMILES string of the molecule is CCCCCCCCCC[C@@H]1CC[P@@](=O)(OC)OC(C)=C1C(=O)OC. The maximum absolute atomic E-state index is 12.5. The van der Waals surface area contributed by atoms with Gasteiger partial charge in [-0.05, 0) is 25.7 Å². The number of rotatable bonds is 11. The monoisotopic (exact) mass is 374 g/mol. The lowest BCUT2D eigenvalue weighted by molar-refractivity contribution is -0.137. The van der Waals surface area contributed by atoms with Gasteiger partial charge in [-0.15, -0.1) is 0 Å². The minimum atomic E-state index is -3.15. The van der Waals surface area contributed by atoms with E-state index in [0.717, 1.165) is 12.8 Å². The third-order valence-corrected chi connectivity index (χ3v) is 6.82. The molecule has 2 atom stereocenters. The van der Waals surface area contributed by atoms with Crippen molar-refractivity contribution in [2.45, 2.75) is 78.1 Å². The predicted molar refractivity (Wildman–Crippen MR) is 101 cm³/mol. The molecule has 0 aromatic rings. The van der Waals surface area contributed by atoms with Crippen LogP contribution in [-0.2, 0) is 23.1 Å². The average molecular weight is 374 g/mol. The van der Waals surface area contributed by atoms with Gasteiger partial charge in [0.2, 0.25) is 0 Å². The number of hydrogen-bond donors (Lipinski definition) is 0. The molecule has 25 heavy (non-hydrogen) atoms. The van der Waals surface area contributed by atoms with E-state index in [9.17, 15) is 9.36 Å². The first-order valence-electron chi connectivity index (χ1n) is 9.61. The van der Waals surface area contributed by atoms with E-state index in [2.05, 4.69) is 6.92 Å². The minimum absolute atomic E-state index is 0.0264. The summed E-state index contributed by atoms with van der Waals surface area (Å²) in [6.45, 7) is 3.91. The molecule has 5 nitrogen and oxygen atoms in total. The zero-order chi connectivity index (χ0) is 18.7. The first kappa shape index (κ1) is 22.2. The number of unbranched alkanes of at least 4 members (excludes halogenated alkanes) is 7. The van der Waals surface area contributed by atoms with Crippen LogP contribution in [0, 0.1) is 5.92 Å². The summed E-state index contributed by atoms with van der Waals surface area (Å²) in [6.07, 6.45) is 11.8. The molecule has 0 aromatic carbocycles. The van der Waals surface area contributed by atoms with E-state index in [0.29, 0.717) is 23.9 Å². The van der Waals surface area contributed by atoms with Gasteiger partial charge in [-0.2, -0.15) is 0 Å². The van der Waals surface area contributed by atoms with Crippen molar-refractivity contribution >= 4 is 13.6 Å². The molecule has 0 saturated heterocycles. The quantitative estimate of drug-likeness (QED) is 0.258.